The van der Waals surface area contributed by atoms with Crippen LogP contribution in [0.15, 0.2) is 0 Å². The molecule has 2 heterocycles. The maximum atomic E-state index is 6.20. The molecule has 0 aromatic heterocycles. The fourth-order valence-electron chi connectivity index (χ4n) is 3.17. The highest BCUT2D eigenvalue weighted by atomic mass is 16.5. The van der Waals surface area contributed by atoms with E-state index in [4.69, 9.17) is 4.74 Å². The molecule has 0 atom stereocenters. The summed E-state index contributed by atoms with van der Waals surface area (Å²) in [4.78, 5) is 2.59. The van der Waals surface area contributed by atoms with Gasteiger partial charge in [-0.2, -0.15) is 0 Å². The van der Waals surface area contributed by atoms with Gasteiger partial charge in [0.05, 0.1) is 6.61 Å². The number of nitrogens with one attached hydrogen (secondary N) is 1. The Hall–Kier alpha value is -0.120. The minimum absolute atomic E-state index is 0.0291. The summed E-state index contributed by atoms with van der Waals surface area (Å²) in [5, 5.41) is 3.71. The van der Waals surface area contributed by atoms with Gasteiger partial charge in [-0.1, -0.05) is 13.8 Å². The minimum atomic E-state index is 0.0291. The zero-order chi connectivity index (χ0) is 11.9. The number of piperidine rings is 1. The summed E-state index contributed by atoms with van der Waals surface area (Å²) in [5.41, 5.74) is 0.571. The van der Waals surface area contributed by atoms with Crippen LogP contribution in [0.4, 0.5) is 0 Å². The van der Waals surface area contributed by atoms with E-state index in [1.54, 1.807) is 0 Å². The van der Waals surface area contributed by atoms with Gasteiger partial charge in [0.25, 0.3) is 0 Å². The van der Waals surface area contributed by atoms with E-state index in [0.29, 0.717) is 5.41 Å². The zero-order valence-electron chi connectivity index (χ0n) is 11.3. The number of ether oxygens (including phenoxy) is 1. The number of likely N-dealkylation sites (tertiary alicyclic amines) is 1. The van der Waals surface area contributed by atoms with Gasteiger partial charge in [-0.25, -0.2) is 0 Å². The maximum Gasteiger partial charge on any atom is 0.121 e. The first-order valence-corrected chi connectivity index (χ1v) is 7.23. The summed E-state index contributed by atoms with van der Waals surface area (Å²) in [6.07, 6.45) is 5.07. The average Bonchev–Trinajstić information content (AvgIpc) is 3.06. The van der Waals surface area contributed by atoms with Crippen molar-refractivity contribution in [3.63, 3.8) is 0 Å². The fraction of sp³-hybridized carbons (Fsp3) is 1.00. The molecule has 0 radical (unpaired) electrons. The average molecular weight is 238 g/mol. The van der Waals surface area contributed by atoms with Crippen molar-refractivity contribution >= 4 is 0 Å². The van der Waals surface area contributed by atoms with E-state index >= 15 is 0 Å². The Labute approximate surface area is 105 Å². The van der Waals surface area contributed by atoms with Gasteiger partial charge in [0.2, 0.25) is 0 Å². The van der Waals surface area contributed by atoms with Gasteiger partial charge < -0.3 is 9.64 Å². The molecule has 1 aliphatic carbocycles. The Morgan fingerprint density at radius 3 is 2.35 bits per heavy atom. The predicted octanol–water partition coefficient (Wildman–Crippen LogP) is 1.83. The number of nitrogens with zero attached hydrogens (tertiary/aromatic N) is 1. The molecule has 17 heavy (non-hydrogen) atoms. The van der Waals surface area contributed by atoms with E-state index in [1.165, 1.54) is 39.0 Å². The van der Waals surface area contributed by atoms with Crippen molar-refractivity contribution in [2.24, 2.45) is 11.3 Å². The Balaban J connectivity index is 1.50. The first-order valence-electron chi connectivity index (χ1n) is 7.23. The third kappa shape index (κ3) is 2.51. The predicted molar refractivity (Wildman–Crippen MR) is 68.9 cm³/mol. The summed E-state index contributed by atoms with van der Waals surface area (Å²) in [7, 11) is 0. The van der Waals surface area contributed by atoms with E-state index in [0.717, 1.165) is 25.4 Å². The Bertz CT molecular complexity index is 266. The second kappa shape index (κ2) is 4.22. The quantitative estimate of drug-likeness (QED) is 0.794. The van der Waals surface area contributed by atoms with E-state index in [9.17, 15) is 0 Å². The third-order valence-corrected chi connectivity index (χ3v) is 4.68. The molecule has 2 spiro atoms. The first kappa shape index (κ1) is 11.9. The highest BCUT2D eigenvalue weighted by Crippen LogP contribution is 2.49. The molecular weight excluding hydrogens is 212 g/mol. The Morgan fingerprint density at radius 1 is 1.18 bits per heavy atom. The van der Waals surface area contributed by atoms with E-state index < -0.39 is 0 Å². The van der Waals surface area contributed by atoms with Crippen molar-refractivity contribution in [2.45, 2.75) is 45.3 Å². The van der Waals surface area contributed by atoms with Crippen LogP contribution in [0, 0.1) is 11.3 Å². The van der Waals surface area contributed by atoms with Crippen LogP contribution in [0.2, 0.25) is 0 Å². The zero-order valence-corrected chi connectivity index (χ0v) is 11.3. The second-order valence-electron chi connectivity index (χ2n) is 6.83. The molecule has 3 heteroatoms. The van der Waals surface area contributed by atoms with Crippen molar-refractivity contribution in [3.05, 3.63) is 0 Å². The van der Waals surface area contributed by atoms with Crippen LogP contribution in [0.1, 0.15) is 39.5 Å². The van der Waals surface area contributed by atoms with Gasteiger partial charge >= 0.3 is 0 Å². The minimum Gasteiger partial charge on any atom is -0.360 e. The van der Waals surface area contributed by atoms with E-state index in [2.05, 4.69) is 24.1 Å². The monoisotopic (exact) mass is 238 g/mol. The number of hydrogen-bond donors (Lipinski definition) is 1. The topological polar surface area (TPSA) is 24.5 Å². The van der Waals surface area contributed by atoms with Crippen molar-refractivity contribution in [3.8, 4) is 0 Å². The largest absolute Gasteiger partial charge is 0.360 e. The van der Waals surface area contributed by atoms with Crippen molar-refractivity contribution in [1.82, 2.24) is 10.2 Å². The summed E-state index contributed by atoms with van der Waals surface area (Å²) in [6, 6.07) is 0. The molecule has 3 nitrogen and oxygen atoms in total. The summed E-state index contributed by atoms with van der Waals surface area (Å²) in [5.74, 6) is 0.777. The van der Waals surface area contributed by atoms with Gasteiger partial charge in [-0.3, -0.25) is 5.32 Å². The van der Waals surface area contributed by atoms with Crippen LogP contribution in [0.25, 0.3) is 0 Å². The number of rotatable bonds is 2. The van der Waals surface area contributed by atoms with Crippen molar-refractivity contribution < 1.29 is 4.74 Å². The molecule has 2 saturated heterocycles. The van der Waals surface area contributed by atoms with Crippen LogP contribution in [-0.4, -0.2) is 43.4 Å². The van der Waals surface area contributed by atoms with Crippen LogP contribution >= 0.6 is 0 Å². The normalized spacial score (nSPS) is 31.2. The van der Waals surface area contributed by atoms with Gasteiger partial charge in [0.1, 0.15) is 5.72 Å². The van der Waals surface area contributed by atoms with Gasteiger partial charge in [-0.15, -0.1) is 0 Å². The van der Waals surface area contributed by atoms with Gasteiger partial charge in [0.15, 0.2) is 0 Å². The summed E-state index contributed by atoms with van der Waals surface area (Å²) < 4.78 is 6.20. The van der Waals surface area contributed by atoms with Gasteiger partial charge in [0, 0.05) is 44.4 Å². The van der Waals surface area contributed by atoms with Crippen LogP contribution in [0.3, 0.4) is 0 Å². The standard InChI is InChI=1S/C14H26N2O/c1-12(2)9-16-7-5-14(6-8-16)15-10-13(3-4-13)11-17-14/h12,15H,3-11H2,1-2H3. The molecule has 3 fully saturated rings. The molecule has 3 rings (SSSR count). The van der Waals surface area contributed by atoms with Gasteiger partial charge in [-0.05, 0) is 18.8 Å². The van der Waals surface area contributed by atoms with Crippen molar-refractivity contribution in [1.29, 1.82) is 0 Å². The molecule has 0 aromatic carbocycles. The highest BCUT2D eigenvalue weighted by molar-refractivity contribution is 5.01. The lowest BCUT2D eigenvalue weighted by Crippen LogP contribution is -2.60. The Morgan fingerprint density at radius 2 is 1.88 bits per heavy atom. The summed E-state index contributed by atoms with van der Waals surface area (Å²) >= 11 is 0. The highest BCUT2D eigenvalue weighted by Gasteiger charge is 2.50. The fourth-order valence-corrected chi connectivity index (χ4v) is 3.17. The summed E-state index contributed by atoms with van der Waals surface area (Å²) in [6.45, 7) is 10.4. The first-order chi connectivity index (χ1) is 8.12. The molecular formula is C14H26N2O. The van der Waals surface area contributed by atoms with Crippen LogP contribution < -0.4 is 5.32 Å². The van der Waals surface area contributed by atoms with E-state index in [-0.39, 0.29) is 5.72 Å². The molecule has 0 unspecified atom stereocenters. The SMILES string of the molecule is CC(C)CN1CCC2(CC1)NCC1(CC1)CO2. The molecule has 98 valence electrons. The molecule has 0 bridgehead atoms. The second-order valence-corrected chi connectivity index (χ2v) is 6.83. The molecule has 1 saturated carbocycles. The smallest absolute Gasteiger partial charge is 0.121 e. The number of hydrogen-bond acceptors (Lipinski definition) is 3. The molecule has 1 N–H and O–H groups in total. The lowest BCUT2D eigenvalue weighted by Gasteiger charge is -2.47. The van der Waals surface area contributed by atoms with E-state index in [1.807, 2.05) is 0 Å². The molecule has 0 amide bonds. The Kier molecular flexibility index (Phi) is 2.96. The molecule has 3 aliphatic rings. The van der Waals surface area contributed by atoms with Crippen LogP contribution in [-0.2, 0) is 4.74 Å². The lowest BCUT2D eigenvalue weighted by atomic mass is 9.95. The molecule has 0 aromatic rings. The van der Waals surface area contributed by atoms with Crippen molar-refractivity contribution in [2.75, 3.05) is 32.8 Å². The third-order valence-electron chi connectivity index (χ3n) is 4.68. The maximum absolute atomic E-state index is 6.20. The lowest BCUT2D eigenvalue weighted by molar-refractivity contribution is -0.149. The molecule has 2 aliphatic heterocycles. The van der Waals surface area contributed by atoms with Crippen LogP contribution in [0.5, 0.6) is 0 Å².